The van der Waals surface area contributed by atoms with Crippen LogP contribution in [-0.4, -0.2) is 31.5 Å². The first-order valence-electron chi connectivity index (χ1n) is 6.68. The molecule has 1 fully saturated rings. The van der Waals surface area contributed by atoms with Crippen molar-refractivity contribution < 1.29 is 14.3 Å². The van der Waals surface area contributed by atoms with E-state index in [1.165, 1.54) is 0 Å². The number of carbonyl (C=O) groups is 2. The molecule has 2 amide bonds. The van der Waals surface area contributed by atoms with Crippen LogP contribution in [0.3, 0.4) is 0 Å². The first-order valence-corrected chi connectivity index (χ1v) is 6.68. The van der Waals surface area contributed by atoms with E-state index >= 15 is 0 Å². The van der Waals surface area contributed by atoms with Gasteiger partial charge in [0.2, 0.25) is 5.91 Å². The summed E-state index contributed by atoms with van der Waals surface area (Å²) in [5, 5.41) is 6.12. The largest absolute Gasteiger partial charge is 0.484 e. The molecular weight excluding hydrogens is 258 g/mol. The molecule has 2 rings (SSSR count). The molecule has 0 spiro atoms. The molecule has 1 saturated heterocycles. The molecule has 1 aromatic carbocycles. The Hall–Kier alpha value is -2.08. The van der Waals surface area contributed by atoms with E-state index in [0.29, 0.717) is 5.75 Å². The van der Waals surface area contributed by atoms with E-state index in [0.717, 1.165) is 31.6 Å². The minimum Gasteiger partial charge on any atom is -0.484 e. The lowest BCUT2D eigenvalue weighted by atomic mass is 9.97. The van der Waals surface area contributed by atoms with Crippen molar-refractivity contribution in [1.29, 1.82) is 0 Å². The number of benzene rings is 1. The summed E-state index contributed by atoms with van der Waals surface area (Å²) < 4.78 is 5.15. The van der Waals surface area contributed by atoms with Crippen LogP contribution >= 0.6 is 0 Å². The zero-order chi connectivity index (χ0) is 14.4. The van der Waals surface area contributed by atoms with Crippen LogP contribution < -0.4 is 21.1 Å². The van der Waals surface area contributed by atoms with Gasteiger partial charge in [-0.1, -0.05) is 0 Å². The van der Waals surface area contributed by atoms with Crippen molar-refractivity contribution in [3.63, 3.8) is 0 Å². The zero-order valence-electron chi connectivity index (χ0n) is 11.2. The van der Waals surface area contributed by atoms with Gasteiger partial charge in [-0.05, 0) is 50.2 Å². The lowest BCUT2D eigenvalue weighted by molar-refractivity contribution is -0.121. The number of piperidine rings is 1. The minimum atomic E-state index is -0.520. The number of hydrogen-bond donors (Lipinski definition) is 3. The Morgan fingerprint density at radius 3 is 2.50 bits per heavy atom. The summed E-state index contributed by atoms with van der Waals surface area (Å²) in [4.78, 5) is 22.6. The van der Waals surface area contributed by atoms with Crippen LogP contribution in [0, 0.1) is 5.92 Å². The topological polar surface area (TPSA) is 93.5 Å². The third-order valence-corrected chi connectivity index (χ3v) is 3.21. The van der Waals surface area contributed by atoms with Crippen LogP contribution in [0.4, 0.5) is 5.69 Å². The number of hydrogen-bond acceptors (Lipinski definition) is 4. The highest BCUT2D eigenvalue weighted by molar-refractivity contribution is 5.92. The van der Waals surface area contributed by atoms with E-state index in [9.17, 15) is 9.59 Å². The molecule has 0 aromatic heterocycles. The van der Waals surface area contributed by atoms with Gasteiger partial charge in [-0.2, -0.15) is 0 Å². The van der Waals surface area contributed by atoms with Gasteiger partial charge in [-0.15, -0.1) is 0 Å². The SMILES string of the molecule is NC(=O)COc1ccc(NC(=O)C2CCNCC2)cc1. The number of rotatable bonds is 5. The van der Waals surface area contributed by atoms with Crippen molar-refractivity contribution >= 4 is 17.5 Å². The molecule has 0 radical (unpaired) electrons. The molecule has 1 heterocycles. The molecule has 0 atom stereocenters. The molecule has 0 bridgehead atoms. The molecule has 4 N–H and O–H groups in total. The summed E-state index contributed by atoms with van der Waals surface area (Å²) in [6, 6.07) is 6.88. The van der Waals surface area contributed by atoms with Crippen LogP contribution in [0.5, 0.6) is 5.75 Å². The van der Waals surface area contributed by atoms with Crippen molar-refractivity contribution in [2.24, 2.45) is 11.7 Å². The smallest absolute Gasteiger partial charge is 0.255 e. The second kappa shape index (κ2) is 6.91. The molecule has 1 aliphatic rings. The average Bonchev–Trinajstić information content (AvgIpc) is 2.47. The van der Waals surface area contributed by atoms with Gasteiger partial charge in [-0.3, -0.25) is 9.59 Å². The lowest BCUT2D eigenvalue weighted by Gasteiger charge is -2.21. The number of nitrogens with two attached hydrogens (primary N) is 1. The van der Waals surface area contributed by atoms with Gasteiger partial charge in [0.05, 0.1) is 0 Å². The Kier molecular flexibility index (Phi) is 4.95. The maximum Gasteiger partial charge on any atom is 0.255 e. The normalized spacial score (nSPS) is 15.6. The lowest BCUT2D eigenvalue weighted by Crippen LogP contribution is -2.34. The number of primary amides is 1. The number of amides is 2. The van der Waals surface area contributed by atoms with Crippen LogP contribution in [0.2, 0.25) is 0 Å². The van der Waals surface area contributed by atoms with Crippen molar-refractivity contribution in [2.45, 2.75) is 12.8 Å². The molecule has 0 unspecified atom stereocenters. The first kappa shape index (κ1) is 14.3. The number of nitrogens with one attached hydrogen (secondary N) is 2. The molecule has 6 heteroatoms. The van der Waals surface area contributed by atoms with E-state index in [2.05, 4.69) is 10.6 Å². The number of anilines is 1. The van der Waals surface area contributed by atoms with Crippen LogP contribution in [0.25, 0.3) is 0 Å². The van der Waals surface area contributed by atoms with Crippen molar-refractivity contribution in [1.82, 2.24) is 5.32 Å². The molecule has 6 nitrogen and oxygen atoms in total. The fourth-order valence-corrected chi connectivity index (χ4v) is 2.12. The van der Waals surface area contributed by atoms with Gasteiger partial charge in [0.25, 0.3) is 5.91 Å². The predicted octanol–water partition coefficient (Wildman–Crippen LogP) is 0.489. The summed E-state index contributed by atoms with van der Waals surface area (Å²) in [5.41, 5.74) is 5.71. The van der Waals surface area contributed by atoms with Gasteiger partial charge in [0.15, 0.2) is 6.61 Å². The highest BCUT2D eigenvalue weighted by Gasteiger charge is 2.20. The second-order valence-electron chi connectivity index (χ2n) is 4.79. The van der Waals surface area contributed by atoms with Crippen molar-refractivity contribution in [3.05, 3.63) is 24.3 Å². The predicted molar refractivity (Wildman–Crippen MR) is 75.4 cm³/mol. The molecule has 20 heavy (non-hydrogen) atoms. The quantitative estimate of drug-likeness (QED) is 0.730. The van der Waals surface area contributed by atoms with E-state index in [1.807, 2.05) is 0 Å². The van der Waals surface area contributed by atoms with Crippen molar-refractivity contribution in [2.75, 3.05) is 25.0 Å². The maximum atomic E-state index is 12.0. The van der Waals surface area contributed by atoms with E-state index in [-0.39, 0.29) is 18.4 Å². The molecule has 0 saturated carbocycles. The maximum absolute atomic E-state index is 12.0. The standard InChI is InChI=1S/C14H19N3O3/c15-13(18)9-20-12-3-1-11(2-4-12)17-14(19)10-5-7-16-8-6-10/h1-4,10,16H,5-9H2,(H2,15,18)(H,17,19). The first-order chi connectivity index (χ1) is 9.65. The van der Waals surface area contributed by atoms with E-state index < -0.39 is 5.91 Å². The van der Waals surface area contributed by atoms with Gasteiger partial charge < -0.3 is 21.1 Å². The molecule has 1 aromatic rings. The highest BCUT2D eigenvalue weighted by atomic mass is 16.5. The van der Waals surface area contributed by atoms with Crippen molar-refractivity contribution in [3.8, 4) is 5.75 Å². The number of ether oxygens (including phenoxy) is 1. The van der Waals surface area contributed by atoms with E-state index in [4.69, 9.17) is 10.5 Å². The second-order valence-corrected chi connectivity index (χ2v) is 4.79. The molecular formula is C14H19N3O3. The molecule has 108 valence electrons. The van der Waals surface area contributed by atoms with Crippen LogP contribution in [-0.2, 0) is 9.59 Å². The zero-order valence-corrected chi connectivity index (χ0v) is 11.2. The third kappa shape index (κ3) is 4.24. The average molecular weight is 277 g/mol. The Morgan fingerprint density at radius 2 is 1.90 bits per heavy atom. The summed E-state index contributed by atoms with van der Waals surface area (Å²) in [6.07, 6.45) is 1.73. The van der Waals surface area contributed by atoms with Gasteiger partial charge >= 0.3 is 0 Å². The number of carbonyl (C=O) groups excluding carboxylic acids is 2. The monoisotopic (exact) mass is 277 g/mol. The Balaban J connectivity index is 1.86. The minimum absolute atomic E-state index is 0.0531. The van der Waals surface area contributed by atoms with Crippen LogP contribution in [0.1, 0.15) is 12.8 Å². The fourth-order valence-electron chi connectivity index (χ4n) is 2.12. The summed E-state index contributed by atoms with van der Waals surface area (Å²) in [7, 11) is 0. The third-order valence-electron chi connectivity index (χ3n) is 3.21. The fraction of sp³-hybridized carbons (Fsp3) is 0.429. The van der Waals surface area contributed by atoms with E-state index in [1.54, 1.807) is 24.3 Å². The van der Waals surface area contributed by atoms with Gasteiger partial charge in [0, 0.05) is 11.6 Å². The highest BCUT2D eigenvalue weighted by Crippen LogP contribution is 2.18. The molecule has 0 aliphatic carbocycles. The Labute approximate surface area is 117 Å². The van der Waals surface area contributed by atoms with Gasteiger partial charge in [0.1, 0.15) is 5.75 Å². The Morgan fingerprint density at radius 1 is 1.25 bits per heavy atom. The summed E-state index contributed by atoms with van der Waals surface area (Å²) in [6.45, 7) is 1.62. The van der Waals surface area contributed by atoms with Crippen LogP contribution in [0.15, 0.2) is 24.3 Å². The Bertz CT molecular complexity index is 467. The summed E-state index contributed by atoms with van der Waals surface area (Å²) in [5.74, 6) is 0.149. The summed E-state index contributed by atoms with van der Waals surface area (Å²) >= 11 is 0. The molecule has 1 aliphatic heterocycles. The van der Waals surface area contributed by atoms with Gasteiger partial charge in [-0.25, -0.2) is 0 Å².